The number of likely N-dealkylation sites (tertiary alicyclic amines) is 1. The summed E-state index contributed by atoms with van der Waals surface area (Å²) in [5, 5.41) is 19.9. The third kappa shape index (κ3) is 4.63. The number of carboxylic acid groups (broad SMARTS) is 1. The number of nitrogens with zero attached hydrogens (tertiary/aromatic N) is 2. The molecule has 2 fully saturated rings. The average molecular weight is 424 g/mol. The van der Waals surface area contributed by atoms with Gasteiger partial charge < -0.3 is 25.6 Å². The molecule has 1 aromatic heterocycles. The molecule has 3 heterocycles. The van der Waals surface area contributed by atoms with Crippen molar-refractivity contribution in [2.24, 2.45) is 5.73 Å². The fraction of sp³-hybridized carbons (Fsp3) is 0.684. The molecule has 0 unspecified atom stereocenters. The van der Waals surface area contributed by atoms with Crippen LogP contribution in [0.3, 0.4) is 0 Å². The Morgan fingerprint density at radius 2 is 2.03 bits per heavy atom. The molecule has 1 aromatic rings. The van der Waals surface area contributed by atoms with E-state index in [0.717, 1.165) is 0 Å². The van der Waals surface area contributed by atoms with E-state index >= 15 is 0 Å². The number of aromatic nitrogens is 2. The van der Waals surface area contributed by atoms with Crippen molar-refractivity contribution in [2.45, 2.75) is 62.3 Å². The number of rotatable bonds is 5. The summed E-state index contributed by atoms with van der Waals surface area (Å²) in [6, 6.07) is -0.484. The minimum atomic E-state index is -1.25. The number of nitrogens with two attached hydrogens (primary N) is 1. The molecule has 2 saturated heterocycles. The van der Waals surface area contributed by atoms with Crippen LogP contribution in [0.5, 0.6) is 0 Å². The normalized spacial score (nSPS) is 27.0. The molecule has 0 bridgehead atoms. The Labute approximate surface area is 172 Å². The number of carboxylic acids is 1. The molecule has 11 nitrogen and oxygen atoms in total. The van der Waals surface area contributed by atoms with Gasteiger partial charge in [0.05, 0.1) is 23.9 Å². The summed E-state index contributed by atoms with van der Waals surface area (Å²) in [5.74, 6) is -1.28. The molecule has 0 radical (unpaired) electrons. The third-order valence-electron chi connectivity index (χ3n) is 6.15. The molecule has 0 aromatic carbocycles. The predicted molar refractivity (Wildman–Crippen MR) is 105 cm³/mol. The van der Waals surface area contributed by atoms with Crippen LogP contribution in [0.1, 0.15) is 45.1 Å². The highest BCUT2D eigenvalue weighted by Crippen LogP contribution is 2.43. The van der Waals surface area contributed by atoms with Gasteiger partial charge in [-0.1, -0.05) is 0 Å². The number of aromatic amines is 1. The molecule has 2 aliphatic heterocycles. The molecule has 11 heteroatoms. The van der Waals surface area contributed by atoms with Crippen molar-refractivity contribution >= 4 is 11.9 Å². The van der Waals surface area contributed by atoms with Gasteiger partial charge in [-0.25, -0.2) is 4.79 Å². The van der Waals surface area contributed by atoms with Crippen molar-refractivity contribution in [3.8, 4) is 0 Å². The van der Waals surface area contributed by atoms with Gasteiger partial charge in [-0.05, 0) is 26.2 Å². The monoisotopic (exact) mass is 424 g/mol. The number of piperidine rings is 1. The van der Waals surface area contributed by atoms with Crippen LogP contribution in [0.4, 0.5) is 0 Å². The number of hydrogen-bond donors (Lipinski definition) is 4. The highest BCUT2D eigenvalue weighted by molar-refractivity contribution is 5.78. The summed E-state index contributed by atoms with van der Waals surface area (Å²) in [5.41, 5.74) is 2.48. The second-order valence-corrected chi connectivity index (χ2v) is 8.43. The number of carbonyl (C=O) groups is 2. The number of amides is 1. The summed E-state index contributed by atoms with van der Waals surface area (Å²) in [7, 11) is 0. The van der Waals surface area contributed by atoms with E-state index in [4.69, 9.17) is 15.6 Å². The lowest BCUT2D eigenvalue weighted by Crippen LogP contribution is -2.59. The van der Waals surface area contributed by atoms with Crippen LogP contribution in [0, 0.1) is 0 Å². The van der Waals surface area contributed by atoms with Crippen LogP contribution in [-0.2, 0) is 14.3 Å². The lowest BCUT2D eigenvalue weighted by molar-refractivity contribution is -0.198. The fourth-order valence-corrected chi connectivity index (χ4v) is 4.35. The van der Waals surface area contributed by atoms with Crippen LogP contribution in [0.2, 0.25) is 0 Å². The standard InChI is InChI=1S/C19H28N4O7/c1-18(29)11-19(30-10-13(18)23-7-4-14(24)21-17(23)28)5-8-22(9-6-19)15(25)3-2-12(20)16(26)27/h4,7,12-13,29H,2-3,5-6,8-11,20H2,1H3,(H,26,27)(H,21,24,28)/t12-,13-,18-/m0/s1. The minimum Gasteiger partial charge on any atom is -0.480 e. The highest BCUT2D eigenvalue weighted by Gasteiger charge is 2.50. The maximum Gasteiger partial charge on any atom is 0.328 e. The van der Waals surface area contributed by atoms with E-state index in [2.05, 4.69) is 4.98 Å². The molecule has 166 valence electrons. The molecule has 2 aliphatic rings. The number of carbonyl (C=O) groups excluding carboxylic acids is 1. The molecule has 3 rings (SSSR count). The number of H-pyrrole nitrogens is 1. The van der Waals surface area contributed by atoms with Gasteiger partial charge in [-0.15, -0.1) is 0 Å². The van der Waals surface area contributed by atoms with Crippen molar-refractivity contribution in [1.29, 1.82) is 0 Å². The van der Waals surface area contributed by atoms with Crippen molar-refractivity contribution in [3.05, 3.63) is 33.1 Å². The number of ether oxygens (including phenoxy) is 1. The summed E-state index contributed by atoms with van der Waals surface area (Å²) < 4.78 is 7.38. The van der Waals surface area contributed by atoms with Gasteiger partial charge in [-0.2, -0.15) is 0 Å². The molecule has 1 spiro atoms. The van der Waals surface area contributed by atoms with E-state index in [1.807, 2.05) is 0 Å². The molecule has 3 atom stereocenters. The van der Waals surface area contributed by atoms with Gasteiger partial charge in [0.25, 0.3) is 5.56 Å². The zero-order chi connectivity index (χ0) is 22.1. The first-order chi connectivity index (χ1) is 14.0. The van der Waals surface area contributed by atoms with E-state index in [0.29, 0.717) is 25.9 Å². The Morgan fingerprint density at radius 1 is 1.37 bits per heavy atom. The predicted octanol–water partition coefficient (Wildman–Crippen LogP) is -1.20. The largest absolute Gasteiger partial charge is 0.480 e. The summed E-state index contributed by atoms with van der Waals surface area (Å²) in [6.45, 7) is 2.60. The van der Waals surface area contributed by atoms with Gasteiger partial charge in [0.2, 0.25) is 5.91 Å². The summed E-state index contributed by atoms with van der Waals surface area (Å²) >= 11 is 0. The fourth-order valence-electron chi connectivity index (χ4n) is 4.35. The van der Waals surface area contributed by atoms with Crippen LogP contribution in [0.15, 0.2) is 21.9 Å². The second-order valence-electron chi connectivity index (χ2n) is 8.43. The van der Waals surface area contributed by atoms with Crippen LogP contribution >= 0.6 is 0 Å². The Hall–Kier alpha value is -2.50. The van der Waals surface area contributed by atoms with Crippen molar-refractivity contribution in [1.82, 2.24) is 14.5 Å². The van der Waals surface area contributed by atoms with Gasteiger partial charge in [0, 0.05) is 38.2 Å². The van der Waals surface area contributed by atoms with Gasteiger partial charge in [0.15, 0.2) is 0 Å². The van der Waals surface area contributed by atoms with E-state index in [1.165, 1.54) is 16.8 Å². The number of nitrogens with one attached hydrogen (secondary N) is 1. The number of hydrogen-bond acceptors (Lipinski definition) is 7. The Balaban J connectivity index is 1.61. The first kappa shape index (κ1) is 22.2. The first-order valence-corrected chi connectivity index (χ1v) is 9.97. The van der Waals surface area contributed by atoms with Crippen molar-refractivity contribution in [2.75, 3.05) is 19.7 Å². The van der Waals surface area contributed by atoms with Crippen LogP contribution in [0.25, 0.3) is 0 Å². The third-order valence-corrected chi connectivity index (χ3v) is 6.15. The second kappa shape index (κ2) is 8.32. The summed E-state index contributed by atoms with van der Waals surface area (Å²) in [6.07, 6.45) is 2.82. The van der Waals surface area contributed by atoms with E-state index in [9.17, 15) is 24.3 Å². The Kier molecular flexibility index (Phi) is 6.16. The zero-order valence-corrected chi connectivity index (χ0v) is 16.9. The molecule has 0 aliphatic carbocycles. The zero-order valence-electron chi connectivity index (χ0n) is 16.9. The van der Waals surface area contributed by atoms with E-state index in [-0.39, 0.29) is 31.8 Å². The maximum atomic E-state index is 12.3. The average Bonchev–Trinajstić information content (AvgIpc) is 2.66. The lowest BCUT2D eigenvalue weighted by Gasteiger charge is -2.51. The van der Waals surface area contributed by atoms with E-state index < -0.39 is 40.5 Å². The number of aliphatic carboxylic acids is 1. The van der Waals surface area contributed by atoms with Gasteiger partial charge in [0.1, 0.15) is 6.04 Å². The first-order valence-electron chi connectivity index (χ1n) is 9.97. The molecule has 30 heavy (non-hydrogen) atoms. The van der Waals surface area contributed by atoms with Crippen LogP contribution in [-0.4, -0.2) is 73.5 Å². The molecule has 1 amide bonds. The maximum absolute atomic E-state index is 12.3. The highest BCUT2D eigenvalue weighted by atomic mass is 16.5. The van der Waals surface area contributed by atoms with E-state index in [1.54, 1.807) is 11.8 Å². The van der Waals surface area contributed by atoms with Crippen molar-refractivity contribution < 1.29 is 24.5 Å². The van der Waals surface area contributed by atoms with Crippen LogP contribution < -0.4 is 17.0 Å². The SMILES string of the molecule is C[C@]1(O)CC2(CCN(C(=O)CC[C@H](N)C(=O)O)CC2)OC[C@@H]1n1ccc(=O)[nH]c1=O. The Morgan fingerprint density at radius 3 is 2.60 bits per heavy atom. The topological polar surface area (TPSA) is 168 Å². The smallest absolute Gasteiger partial charge is 0.328 e. The number of aliphatic hydroxyl groups is 1. The van der Waals surface area contributed by atoms with Crippen molar-refractivity contribution in [3.63, 3.8) is 0 Å². The minimum absolute atomic E-state index is 0.0657. The molecule has 0 saturated carbocycles. The quantitative estimate of drug-likeness (QED) is 0.457. The van der Waals surface area contributed by atoms with Gasteiger partial charge in [-0.3, -0.25) is 23.9 Å². The molecular formula is C19H28N4O7. The lowest BCUT2D eigenvalue weighted by atomic mass is 9.75. The van der Waals surface area contributed by atoms with Gasteiger partial charge >= 0.3 is 11.7 Å². The molecular weight excluding hydrogens is 396 g/mol. The summed E-state index contributed by atoms with van der Waals surface area (Å²) in [4.78, 5) is 50.4. The molecule has 5 N–H and O–H groups in total. The Bertz CT molecular complexity index is 914.